The Morgan fingerprint density at radius 3 is 1.58 bits per heavy atom. The van der Waals surface area contributed by atoms with Gasteiger partial charge in [-0.25, -0.2) is 0 Å². The molecule has 24 heavy (non-hydrogen) atoms. The van der Waals surface area contributed by atoms with Gasteiger partial charge >= 0.3 is 0 Å². The third kappa shape index (κ3) is 17.9. The Balaban J connectivity index is 3.08. The highest BCUT2D eigenvalue weighted by Gasteiger charge is 2.05. The highest BCUT2D eigenvalue weighted by Crippen LogP contribution is 2.13. The molecule has 0 aromatic carbocycles. The van der Waals surface area contributed by atoms with E-state index in [9.17, 15) is 4.79 Å². The smallest absolute Gasteiger partial charge is 0.271 e. The molecule has 1 unspecified atom stereocenters. The quantitative estimate of drug-likeness (QED) is 0.163. The zero-order valence-corrected chi connectivity index (χ0v) is 16.1. The lowest BCUT2D eigenvalue weighted by Crippen LogP contribution is -2.19. The fourth-order valence-corrected chi connectivity index (χ4v) is 2.77. The average Bonchev–Trinajstić information content (AvgIpc) is 2.60. The first-order chi connectivity index (χ1) is 11.8. The zero-order valence-electron chi connectivity index (χ0n) is 16.1. The summed E-state index contributed by atoms with van der Waals surface area (Å²) < 4.78 is 15.8. The van der Waals surface area contributed by atoms with Crippen LogP contribution < -0.4 is 0 Å². The fourth-order valence-electron chi connectivity index (χ4n) is 2.77. The molecule has 0 aliphatic rings. The van der Waals surface area contributed by atoms with Gasteiger partial charge in [0.1, 0.15) is 6.29 Å². The third-order valence-corrected chi connectivity index (χ3v) is 4.22. The third-order valence-electron chi connectivity index (χ3n) is 4.22. The van der Waals surface area contributed by atoms with Crippen LogP contribution in [0, 0.1) is 0 Å². The van der Waals surface area contributed by atoms with Crippen molar-refractivity contribution in [3.63, 3.8) is 0 Å². The van der Waals surface area contributed by atoms with Crippen LogP contribution in [0.4, 0.5) is 0 Å². The topological polar surface area (TPSA) is 44.8 Å². The molecule has 1 atom stereocenters. The van der Waals surface area contributed by atoms with E-state index < -0.39 is 6.48 Å². The van der Waals surface area contributed by atoms with Gasteiger partial charge in [0.2, 0.25) is 0 Å². The van der Waals surface area contributed by atoms with Crippen molar-refractivity contribution in [3.8, 4) is 0 Å². The Labute approximate surface area is 149 Å². The molecule has 0 aliphatic carbocycles. The molecule has 0 N–H and O–H groups in total. The number of hydrogen-bond acceptors (Lipinski definition) is 4. The van der Waals surface area contributed by atoms with Gasteiger partial charge in [-0.1, -0.05) is 70.6 Å². The molecule has 0 amide bonds. The predicted molar refractivity (Wildman–Crippen MR) is 99.1 cm³/mol. The van der Waals surface area contributed by atoms with E-state index in [1.807, 2.05) is 6.92 Å². The number of ether oxygens (including phenoxy) is 3. The van der Waals surface area contributed by atoms with Gasteiger partial charge in [0.25, 0.3) is 6.48 Å². The normalized spacial score (nSPS) is 12.4. The molecule has 0 fully saturated rings. The molecule has 0 saturated heterocycles. The lowest BCUT2D eigenvalue weighted by atomic mass is 10.0. The second kappa shape index (κ2) is 20.6. The minimum absolute atomic E-state index is 0.500. The number of aldehydes is 1. The first-order valence-electron chi connectivity index (χ1n) is 10.0. The van der Waals surface area contributed by atoms with E-state index in [-0.39, 0.29) is 0 Å². The van der Waals surface area contributed by atoms with E-state index in [4.69, 9.17) is 14.2 Å². The summed E-state index contributed by atoms with van der Waals surface area (Å²) in [5.74, 6) is 0. The van der Waals surface area contributed by atoms with Crippen LogP contribution >= 0.6 is 0 Å². The SMILES string of the molecule is CCOC(OC)OCCCCCCCCCCCCCCCC=O. The van der Waals surface area contributed by atoms with E-state index in [0.29, 0.717) is 13.2 Å². The first kappa shape index (κ1) is 23.5. The van der Waals surface area contributed by atoms with E-state index >= 15 is 0 Å². The second-order valence-corrected chi connectivity index (χ2v) is 6.40. The summed E-state index contributed by atoms with van der Waals surface area (Å²) in [6, 6.07) is 0. The number of hydrogen-bond donors (Lipinski definition) is 0. The van der Waals surface area contributed by atoms with Gasteiger partial charge in [0, 0.05) is 20.1 Å². The lowest BCUT2D eigenvalue weighted by molar-refractivity contribution is -0.275. The Hall–Kier alpha value is -0.450. The molecular formula is C20H40O4. The zero-order chi connectivity index (χ0) is 17.7. The van der Waals surface area contributed by atoms with Gasteiger partial charge in [-0.2, -0.15) is 0 Å². The van der Waals surface area contributed by atoms with Gasteiger partial charge < -0.3 is 19.0 Å². The number of carbonyl (C=O) groups is 1. The van der Waals surface area contributed by atoms with Crippen LogP contribution in [0.3, 0.4) is 0 Å². The molecular weight excluding hydrogens is 304 g/mol. The Morgan fingerprint density at radius 1 is 0.708 bits per heavy atom. The van der Waals surface area contributed by atoms with Crippen LogP contribution in [0.1, 0.15) is 96.8 Å². The Bertz CT molecular complexity index is 246. The van der Waals surface area contributed by atoms with Crippen LogP contribution in [0.15, 0.2) is 0 Å². The lowest BCUT2D eigenvalue weighted by Gasteiger charge is -2.15. The van der Waals surface area contributed by atoms with E-state index in [0.717, 1.165) is 25.5 Å². The fraction of sp³-hybridized carbons (Fsp3) is 0.950. The molecule has 0 saturated carbocycles. The van der Waals surface area contributed by atoms with Crippen molar-refractivity contribution in [2.24, 2.45) is 0 Å². The van der Waals surface area contributed by atoms with Crippen LogP contribution in [0.2, 0.25) is 0 Å². The molecule has 144 valence electrons. The van der Waals surface area contributed by atoms with Gasteiger partial charge in [-0.15, -0.1) is 0 Å². The average molecular weight is 345 g/mol. The molecule has 0 spiro atoms. The Morgan fingerprint density at radius 2 is 1.17 bits per heavy atom. The molecule has 0 aromatic heterocycles. The van der Waals surface area contributed by atoms with Crippen molar-refractivity contribution in [1.82, 2.24) is 0 Å². The molecule has 0 heterocycles. The molecule has 0 bridgehead atoms. The minimum atomic E-state index is -0.500. The van der Waals surface area contributed by atoms with Gasteiger partial charge in [0.15, 0.2) is 0 Å². The summed E-state index contributed by atoms with van der Waals surface area (Å²) in [4.78, 5) is 10.2. The maximum atomic E-state index is 10.2. The van der Waals surface area contributed by atoms with Crippen molar-refractivity contribution in [1.29, 1.82) is 0 Å². The van der Waals surface area contributed by atoms with Crippen molar-refractivity contribution in [2.75, 3.05) is 20.3 Å². The summed E-state index contributed by atoms with van der Waals surface area (Å²) in [6.07, 6.45) is 18.5. The summed E-state index contributed by atoms with van der Waals surface area (Å²) in [5.41, 5.74) is 0. The number of methoxy groups -OCH3 is 1. The van der Waals surface area contributed by atoms with Crippen molar-refractivity contribution in [3.05, 3.63) is 0 Å². The standard InChI is InChI=1S/C20H40O4/c1-3-23-20(22-2)24-19-17-15-13-11-9-7-5-4-6-8-10-12-14-16-18-21/h18,20H,3-17,19H2,1-2H3. The minimum Gasteiger partial charge on any atom is -0.333 e. The maximum Gasteiger partial charge on any atom is 0.271 e. The monoisotopic (exact) mass is 344 g/mol. The largest absolute Gasteiger partial charge is 0.333 e. The Kier molecular flexibility index (Phi) is 20.2. The van der Waals surface area contributed by atoms with Crippen LogP contribution in [0.25, 0.3) is 0 Å². The highest BCUT2D eigenvalue weighted by molar-refractivity contribution is 5.48. The van der Waals surface area contributed by atoms with E-state index in [1.165, 1.54) is 70.6 Å². The van der Waals surface area contributed by atoms with Gasteiger partial charge in [-0.05, 0) is 19.8 Å². The number of carbonyl (C=O) groups excluding carboxylic acids is 1. The van der Waals surface area contributed by atoms with Crippen LogP contribution in [0.5, 0.6) is 0 Å². The summed E-state index contributed by atoms with van der Waals surface area (Å²) >= 11 is 0. The van der Waals surface area contributed by atoms with E-state index in [1.54, 1.807) is 7.11 Å². The van der Waals surface area contributed by atoms with Crippen LogP contribution in [-0.2, 0) is 19.0 Å². The van der Waals surface area contributed by atoms with Crippen LogP contribution in [-0.4, -0.2) is 33.1 Å². The first-order valence-corrected chi connectivity index (χ1v) is 10.0. The number of unbranched alkanes of at least 4 members (excludes halogenated alkanes) is 13. The maximum absolute atomic E-state index is 10.2. The molecule has 0 aliphatic heterocycles. The molecule has 4 nitrogen and oxygen atoms in total. The highest BCUT2D eigenvalue weighted by atomic mass is 16.8. The summed E-state index contributed by atoms with van der Waals surface area (Å²) in [5, 5.41) is 0. The molecule has 4 heteroatoms. The predicted octanol–water partition coefficient (Wildman–Crippen LogP) is 5.63. The van der Waals surface area contributed by atoms with Crippen molar-refractivity contribution in [2.45, 2.75) is 103 Å². The van der Waals surface area contributed by atoms with Gasteiger partial charge in [-0.3, -0.25) is 0 Å². The number of rotatable bonds is 20. The molecule has 0 aromatic rings. The van der Waals surface area contributed by atoms with Crippen molar-refractivity contribution < 1.29 is 19.0 Å². The molecule has 0 rings (SSSR count). The van der Waals surface area contributed by atoms with Crippen molar-refractivity contribution >= 4 is 6.29 Å². The summed E-state index contributed by atoms with van der Waals surface area (Å²) in [6.45, 7) is 2.76. The molecule has 0 radical (unpaired) electrons. The van der Waals surface area contributed by atoms with E-state index in [2.05, 4.69) is 0 Å². The van der Waals surface area contributed by atoms with Gasteiger partial charge in [0.05, 0.1) is 6.61 Å². The second-order valence-electron chi connectivity index (χ2n) is 6.40. The summed E-state index contributed by atoms with van der Waals surface area (Å²) in [7, 11) is 1.61.